The number of para-hydroxylation sites is 1. The topological polar surface area (TPSA) is 84.9 Å². The second-order valence-corrected chi connectivity index (χ2v) is 8.60. The van der Waals surface area contributed by atoms with Crippen LogP contribution in [0.1, 0.15) is 0 Å². The maximum Gasteiger partial charge on any atom is 0.262 e. The molecule has 0 spiro atoms. The molecule has 1 saturated heterocycles. The molecule has 1 N–H and O–H groups in total. The molecule has 7 nitrogen and oxygen atoms in total. The average molecular weight is 455 g/mol. The number of morpholine rings is 1. The molecule has 9 heteroatoms. The Balaban J connectivity index is 1.65. The molecule has 3 rings (SSSR count). The quantitative estimate of drug-likeness (QED) is 0.724. The van der Waals surface area contributed by atoms with Gasteiger partial charge in [0.1, 0.15) is 5.75 Å². The molecule has 1 heterocycles. The third-order valence-corrected chi connectivity index (χ3v) is 6.47. The molecule has 1 fully saturated rings. The monoisotopic (exact) mass is 454 g/mol. The maximum atomic E-state index is 12.7. The lowest BCUT2D eigenvalue weighted by atomic mass is 10.3. The van der Waals surface area contributed by atoms with E-state index in [9.17, 15) is 13.2 Å². The Morgan fingerprint density at radius 3 is 2.63 bits per heavy atom. The van der Waals surface area contributed by atoms with Gasteiger partial charge in [-0.1, -0.05) is 18.2 Å². The fourth-order valence-electron chi connectivity index (χ4n) is 2.57. The zero-order chi connectivity index (χ0) is 19.3. The van der Waals surface area contributed by atoms with E-state index in [1.54, 1.807) is 24.3 Å². The number of rotatable bonds is 6. The number of anilines is 1. The molecule has 0 atom stereocenters. The highest BCUT2D eigenvalue weighted by atomic mass is 79.9. The van der Waals surface area contributed by atoms with Crippen LogP contribution in [0.4, 0.5) is 5.69 Å². The lowest BCUT2D eigenvalue weighted by molar-refractivity contribution is -0.118. The van der Waals surface area contributed by atoms with Crippen molar-refractivity contribution in [3.05, 3.63) is 53.0 Å². The molecule has 0 saturated carbocycles. The summed E-state index contributed by atoms with van der Waals surface area (Å²) >= 11 is 3.35. The molecule has 0 bridgehead atoms. The van der Waals surface area contributed by atoms with Gasteiger partial charge in [0, 0.05) is 18.8 Å². The number of benzene rings is 2. The number of amides is 1. The van der Waals surface area contributed by atoms with Gasteiger partial charge in [-0.3, -0.25) is 4.79 Å². The molecule has 1 amide bonds. The first kappa shape index (κ1) is 19.8. The predicted molar refractivity (Wildman–Crippen MR) is 104 cm³/mol. The van der Waals surface area contributed by atoms with E-state index in [-0.39, 0.29) is 17.4 Å². The maximum absolute atomic E-state index is 12.7. The highest BCUT2D eigenvalue weighted by Crippen LogP contribution is 2.24. The lowest BCUT2D eigenvalue weighted by Crippen LogP contribution is -2.40. The summed E-state index contributed by atoms with van der Waals surface area (Å²) in [7, 11) is -3.62. The highest BCUT2D eigenvalue weighted by molar-refractivity contribution is 9.10. The minimum atomic E-state index is -3.62. The first-order chi connectivity index (χ1) is 13.0. The van der Waals surface area contributed by atoms with Crippen molar-refractivity contribution in [2.45, 2.75) is 4.90 Å². The molecular weight excluding hydrogens is 436 g/mol. The summed E-state index contributed by atoms with van der Waals surface area (Å²) in [5.74, 6) is 0.169. The Morgan fingerprint density at radius 1 is 1.15 bits per heavy atom. The fourth-order valence-corrected chi connectivity index (χ4v) is 4.43. The molecule has 0 aromatic heterocycles. The van der Waals surface area contributed by atoms with E-state index in [1.165, 1.54) is 16.4 Å². The molecule has 0 aliphatic carbocycles. The molecule has 1 aliphatic heterocycles. The van der Waals surface area contributed by atoms with Crippen molar-refractivity contribution in [3.8, 4) is 5.75 Å². The molecule has 0 unspecified atom stereocenters. The summed E-state index contributed by atoms with van der Waals surface area (Å²) in [4.78, 5) is 12.3. The lowest BCUT2D eigenvalue weighted by Gasteiger charge is -2.26. The Labute approximate surface area is 166 Å². The van der Waals surface area contributed by atoms with Crippen LogP contribution < -0.4 is 10.1 Å². The van der Waals surface area contributed by atoms with Crippen LogP contribution in [-0.2, 0) is 19.6 Å². The van der Waals surface area contributed by atoms with Gasteiger partial charge in [-0.25, -0.2) is 8.42 Å². The molecular formula is C18H19BrN2O5S. The number of carbonyl (C=O) groups is 1. The number of halogens is 1. The summed E-state index contributed by atoms with van der Waals surface area (Å²) < 4.78 is 38.2. The minimum absolute atomic E-state index is 0.133. The normalized spacial score (nSPS) is 15.3. The number of nitrogens with zero attached hydrogens (tertiary/aromatic N) is 1. The van der Waals surface area contributed by atoms with Crippen LogP contribution in [0, 0.1) is 0 Å². The number of ether oxygens (including phenoxy) is 2. The zero-order valence-corrected chi connectivity index (χ0v) is 16.8. The largest absolute Gasteiger partial charge is 0.483 e. The van der Waals surface area contributed by atoms with Crippen LogP contribution >= 0.6 is 15.9 Å². The smallest absolute Gasteiger partial charge is 0.262 e. The molecule has 1 aliphatic rings. The zero-order valence-electron chi connectivity index (χ0n) is 14.4. The number of sulfonamides is 1. The van der Waals surface area contributed by atoms with Crippen molar-refractivity contribution in [2.75, 3.05) is 38.2 Å². The summed E-state index contributed by atoms with van der Waals surface area (Å²) in [5, 5.41) is 2.66. The number of carbonyl (C=O) groups excluding carboxylic acids is 1. The Hall–Kier alpha value is -1.94. The van der Waals surface area contributed by atoms with Gasteiger partial charge in [0.15, 0.2) is 6.61 Å². The Morgan fingerprint density at radius 2 is 1.89 bits per heavy atom. The van der Waals surface area contributed by atoms with Crippen molar-refractivity contribution < 1.29 is 22.7 Å². The van der Waals surface area contributed by atoms with E-state index in [0.29, 0.717) is 37.7 Å². The molecule has 0 radical (unpaired) electrons. The summed E-state index contributed by atoms with van der Waals surface area (Å²) in [6.07, 6.45) is 0. The van der Waals surface area contributed by atoms with E-state index >= 15 is 0 Å². The van der Waals surface area contributed by atoms with E-state index in [4.69, 9.17) is 9.47 Å². The minimum Gasteiger partial charge on any atom is -0.483 e. The first-order valence-electron chi connectivity index (χ1n) is 8.32. The summed E-state index contributed by atoms with van der Waals surface area (Å²) in [6, 6.07) is 13.4. The third kappa shape index (κ3) is 5.07. The Bertz CT molecular complexity index is 913. The number of hydrogen-bond acceptors (Lipinski definition) is 5. The van der Waals surface area contributed by atoms with Crippen LogP contribution in [0.2, 0.25) is 0 Å². The standard InChI is InChI=1S/C18H19BrN2O5S/c19-16-6-1-2-7-17(16)26-13-18(22)20-14-4-3-5-15(12-14)27(23,24)21-8-10-25-11-9-21/h1-7,12H,8-11,13H2,(H,20,22). The molecule has 2 aromatic carbocycles. The van der Waals surface area contributed by atoms with Gasteiger partial charge >= 0.3 is 0 Å². The number of hydrogen-bond donors (Lipinski definition) is 1. The van der Waals surface area contributed by atoms with Crippen LogP contribution in [0.25, 0.3) is 0 Å². The van der Waals surface area contributed by atoms with Crippen LogP contribution in [0.15, 0.2) is 57.9 Å². The second-order valence-electron chi connectivity index (χ2n) is 5.81. The highest BCUT2D eigenvalue weighted by Gasteiger charge is 2.26. The predicted octanol–water partition coefficient (Wildman–Crippen LogP) is 2.49. The van der Waals surface area contributed by atoms with Crippen molar-refractivity contribution in [1.29, 1.82) is 0 Å². The van der Waals surface area contributed by atoms with E-state index in [2.05, 4.69) is 21.2 Å². The summed E-state index contributed by atoms with van der Waals surface area (Å²) in [5.41, 5.74) is 0.394. The third-order valence-electron chi connectivity index (χ3n) is 3.92. The van der Waals surface area contributed by atoms with Gasteiger partial charge < -0.3 is 14.8 Å². The van der Waals surface area contributed by atoms with E-state index < -0.39 is 10.0 Å². The van der Waals surface area contributed by atoms with E-state index in [1.807, 2.05) is 12.1 Å². The van der Waals surface area contributed by atoms with E-state index in [0.717, 1.165) is 4.47 Å². The van der Waals surface area contributed by atoms with Crippen molar-refractivity contribution in [1.82, 2.24) is 4.31 Å². The van der Waals surface area contributed by atoms with Gasteiger partial charge in [0.2, 0.25) is 10.0 Å². The summed E-state index contributed by atoms with van der Waals surface area (Å²) in [6.45, 7) is 1.20. The number of nitrogens with one attached hydrogen (secondary N) is 1. The van der Waals surface area contributed by atoms with Crippen molar-refractivity contribution in [3.63, 3.8) is 0 Å². The Kier molecular flexibility index (Phi) is 6.48. The average Bonchev–Trinajstić information content (AvgIpc) is 2.68. The van der Waals surface area contributed by atoms with Crippen LogP contribution in [0.3, 0.4) is 0 Å². The van der Waals surface area contributed by atoms with Gasteiger partial charge in [-0.05, 0) is 46.3 Å². The molecule has 144 valence electrons. The first-order valence-corrected chi connectivity index (χ1v) is 10.6. The fraction of sp³-hybridized carbons (Fsp3) is 0.278. The van der Waals surface area contributed by atoms with Crippen molar-refractivity contribution >= 4 is 37.5 Å². The van der Waals surface area contributed by atoms with Crippen molar-refractivity contribution in [2.24, 2.45) is 0 Å². The molecule has 27 heavy (non-hydrogen) atoms. The van der Waals surface area contributed by atoms with Crippen LogP contribution in [-0.4, -0.2) is 51.5 Å². The SMILES string of the molecule is O=C(COc1ccccc1Br)Nc1cccc(S(=O)(=O)N2CCOCC2)c1. The molecule has 2 aromatic rings. The van der Waals surface area contributed by atoms with Gasteiger partial charge in [-0.15, -0.1) is 0 Å². The van der Waals surface area contributed by atoms with Gasteiger partial charge in [-0.2, -0.15) is 4.31 Å². The van der Waals surface area contributed by atoms with Gasteiger partial charge in [0.25, 0.3) is 5.91 Å². The van der Waals surface area contributed by atoms with Crippen LogP contribution in [0.5, 0.6) is 5.75 Å². The van der Waals surface area contributed by atoms with Gasteiger partial charge in [0.05, 0.1) is 22.6 Å². The second kappa shape index (κ2) is 8.83.